The molecule has 5 rings (SSSR count). The molecule has 1 fully saturated rings. The largest absolute Gasteiger partial charge is 0.465 e. The molecular formula is C36H37Cl2F2N3O3. The van der Waals surface area contributed by atoms with E-state index in [1.165, 1.54) is 19.3 Å². The molecule has 1 saturated heterocycles. The second-order valence-electron chi connectivity index (χ2n) is 13.1. The third-order valence-corrected chi connectivity index (χ3v) is 9.40. The van der Waals surface area contributed by atoms with E-state index < -0.39 is 46.9 Å². The van der Waals surface area contributed by atoms with Gasteiger partial charge >= 0.3 is 5.97 Å². The van der Waals surface area contributed by atoms with E-state index in [1.807, 2.05) is 0 Å². The highest BCUT2D eigenvalue weighted by Crippen LogP contribution is 2.56. The fourth-order valence-corrected chi connectivity index (χ4v) is 7.24. The van der Waals surface area contributed by atoms with Crippen LogP contribution in [0.3, 0.4) is 0 Å². The summed E-state index contributed by atoms with van der Waals surface area (Å²) in [5, 5.41) is 8.23. The van der Waals surface area contributed by atoms with Crippen LogP contribution in [-0.2, 0) is 9.53 Å². The quantitative estimate of drug-likeness (QED) is 0.221. The first-order valence-corrected chi connectivity index (χ1v) is 15.8. The Morgan fingerprint density at radius 3 is 2.48 bits per heavy atom. The Hall–Kier alpha value is -3.56. The fourth-order valence-electron chi connectivity index (χ4n) is 6.88. The van der Waals surface area contributed by atoms with Crippen LogP contribution in [0.25, 0.3) is 10.8 Å². The Bertz CT molecular complexity index is 1780. The Morgan fingerprint density at radius 1 is 1.07 bits per heavy atom. The molecule has 4 atom stereocenters. The first kappa shape index (κ1) is 33.8. The molecule has 1 aliphatic carbocycles. The van der Waals surface area contributed by atoms with Crippen LogP contribution in [0.5, 0.6) is 0 Å². The van der Waals surface area contributed by atoms with E-state index in [0.29, 0.717) is 23.2 Å². The zero-order chi connectivity index (χ0) is 33.4. The molecular weight excluding hydrogens is 631 g/mol. The number of methoxy groups -OCH3 is 1. The number of benzene rings is 3. The monoisotopic (exact) mass is 667 g/mol. The van der Waals surface area contributed by atoms with Crippen LogP contribution < -0.4 is 16.4 Å². The number of fused-ring (bicyclic) bond motifs is 1. The lowest BCUT2D eigenvalue weighted by atomic mass is 9.60. The Morgan fingerprint density at radius 2 is 1.78 bits per heavy atom. The van der Waals surface area contributed by atoms with E-state index in [0.717, 1.165) is 10.8 Å². The van der Waals surface area contributed by atoms with Crippen molar-refractivity contribution < 1.29 is 23.1 Å². The lowest BCUT2D eigenvalue weighted by molar-refractivity contribution is -0.118. The van der Waals surface area contributed by atoms with Crippen molar-refractivity contribution in [3.63, 3.8) is 0 Å². The average Bonchev–Trinajstić information content (AvgIpc) is 3.21. The van der Waals surface area contributed by atoms with Crippen molar-refractivity contribution in [3.8, 4) is 0 Å². The van der Waals surface area contributed by atoms with Crippen molar-refractivity contribution in [2.45, 2.75) is 51.6 Å². The number of amides is 1. The van der Waals surface area contributed by atoms with E-state index >= 15 is 8.78 Å². The molecule has 1 aliphatic heterocycles. The van der Waals surface area contributed by atoms with E-state index in [9.17, 15) is 9.59 Å². The van der Waals surface area contributed by atoms with Gasteiger partial charge in [0.15, 0.2) is 0 Å². The van der Waals surface area contributed by atoms with Crippen molar-refractivity contribution in [1.82, 2.24) is 5.32 Å². The molecule has 0 bridgehead atoms. The van der Waals surface area contributed by atoms with Crippen molar-refractivity contribution in [1.29, 1.82) is 0 Å². The Kier molecular flexibility index (Phi) is 9.76. The standard InChI is InChI=1S/C36H37Cl2F2N3O3/c1-35(2,3)18-29-36(19-41,23-11-12-24(37)17-25(39)16-23)30(27-6-5-7-28(38)31(27)40)32(43-29)33(44)42-26-13-10-20-14-22(34(45)46-4)9-8-21(20)15-26/h5-15,17,29-30,32,43H,16,18-19,41H2,1-4H3,(H,42,44). The number of ether oxygens (including phenoxy) is 1. The number of esters is 1. The molecule has 0 radical (unpaired) electrons. The van der Waals surface area contributed by atoms with Gasteiger partial charge in [0.1, 0.15) is 11.6 Å². The number of nitrogens with one attached hydrogen (secondary N) is 2. The molecule has 3 aromatic carbocycles. The van der Waals surface area contributed by atoms with Crippen LogP contribution in [0.4, 0.5) is 14.5 Å². The molecule has 0 aromatic heterocycles. The Balaban J connectivity index is 1.63. The topological polar surface area (TPSA) is 93.4 Å². The summed E-state index contributed by atoms with van der Waals surface area (Å²) < 4.78 is 36.1. The van der Waals surface area contributed by atoms with Crippen LogP contribution in [-0.4, -0.2) is 37.6 Å². The van der Waals surface area contributed by atoms with E-state index in [4.69, 9.17) is 33.7 Å². The number of hydrogen-bond acceptors (Lipinski definition) is 5. The van der Waals surface area contributed by atoms with Gasteiger partial charge in [-0.1, -0.05) is 79.9 Å². The number of anilines is 1. The van der Waals surface area contributed by atoms with Gasteiger partial charge in [-0.15, -0.1) is 0 Å². The summed E-state index contributed by atoms with van der Waals surface area (Å²) >= 11 is 12.6. The summed E-state index contributed by atoms with van der Waals surface area (Å²) in [5.74, 6) is -2.85. The second kappa shape index (κ2) is 13.3. The molecule has 46 heavy (non-hydrogen) atoms. The van der Waals surface area contributed by atoms with Crippen molar-refractivity contribution in [3.05, 3.63) is 111 Å². The molecule has 0 spiro atoms. The maximum absolute atomic E-state index is 16.0. The molecule has 2 aliphatic rings. The maximum atomic E-state index is 16.0. The second-order valence-corrected chi connectivity index (χ2v) is 13.9. The maximum Gasteiger partial charge on any atom is 0.337 e. The smallest absolute Gasteiger partial charge is 0.337 e. The Labute approximate surface area is 277 Å². The van der Waals surface area contributed by atoms with Crippen molar-refractivity contribution in [2.75, 3.05) is 19.0 Å². The molecule has 4 unspecified atom stereocenters. The number of carbonyl (C=O) groups excluding carboxylic acids is 2. The van der Waals surface area contributed by atoms with Crippen LogP contribution in [0.15, 0.2) is 89.3 Å². The third-order valence-electron chi connectivity index (χ3n) is 8.87. The van der Waals surface area contributed by atoms with E-state index in [2.05, 4.69) is 31.4 Å². The van der Waals surface area contributed by atoms with Gasteiger partial charge in [-0.3, -0.25) is 4.79 Å². The number of carbonyl (C=O) groups is 2. The van der Waals surface area contributed by atoms with Gasteiger partial charge < -0.3 is 21.1 Å². The number of rotatable bonds is 7. The predicted octanol–water partition coefficient (Wildman–Crippen LogP) is 8.17. The minimum atomic E-state index is -1.10. The average molecular weight is 669 g/mol. The molecule has 6 nitrogen and oxygen atoms in total. The van der Waals surface area contributed by atoms with Crippen LogP contribution in [0.1, 0.15) is 55.5 Å². The normalized spacial score (nSPS) is 23.3. The lowest BCUT2D eigenvalue weighted by Gasteiger charge is -2.43. The molecule has 4 N–H and O–H groups in total. The zero-order valence-corrected chi connectivity index (χ0v) is 27.6. The SMILES string of the molecule is COC(=O)c1ccc2cc(NC(=O)C3NC(CC(C)(C)C)C(CN)(C4=CC=C(Cl)C=C(F)C4)C3c3cccc(Cl)c3F)ccc2c1. The van der Waals surface area contributed by atoms with Gasteiger partial charge in [0.25, 0.3) is 0 Å². The summed E-state index contributed by atoms with van der Waals surface area (Å²) in [7, 11) is 1.32. The number of halogens is 4. The molecule has 1 heterocycles. The van der Waals surface area contributed by atoms with Gasteiger partial charge in [0, 0.05) is 41.1 Å². The number of nitrogens with two attached hydrogens (primary N) is 1. The summed E-state index contributed by atoms with van der Waals surface area (Å²) in [4.78, 5) is 26.3. The first-order chi connectivity index (χ1) is 21.8. The molecule has 242 valence electrons. The minimum absolute atomic E-state index is 0.00970. The lowest BCUT2D eigenvalue weighted by Crippen LogP contribution is -2.48. The van der Waals surface area contributed by atoms with Gasteiger partial charge in [-0.05, 0) is 70.7 Å². The van der Waals surface area contributed by atoms with Gasteiger partial charge in [-0.2, -0.15) is 0 Å². The first-order valence-electron chi connectivity index (χ1n) is 15.0. The summed E-state index contributed by atoms with van der Waals surface area (Å²) in [6.07, 6.45) is 5.05. The molecule has 3 aromatic rings. The third kappa shape index (κ3) is 6.63. The van der Waals surface area contributed by atoms with E-state index in [-0.39, 0.29) is 34.0 Å². The van der Waals surface area contributed by atoms with E-state index in [1.54, 1.807) is 60.7 Å². The number of allylic oxidation sites excluding steroid dienone is 5. The van der Waals surface area contributed by atoms with Gasteiger partial charge in [0.05, 0.1) is 23.7 Å². The number of hydrogen-bond donors (Lipinski definition) is 3. The molecule has 10 heteroatoms. The zero-order valence-electron chi connectivity index (χ0n) is 26.1. The summed E-state index contributed by atoms with van der Waals surface area (Å²) in [6, 6.07) is 13.7. The summed E-state index contributed by atoms with van der Waals surface area (Å²) in [5.41, 5.74) is 7.07. The highest BCUT2D eigenvalue weighted by Gasteiger charge is 2.59. The molecule has 1 amide bonds. The van der Waals surface area contributed by atoms with Crippen LogP contribution >= 0.6 is 23.2 Å². The van der Waals surface area contributed by atoms with Crippen LogP contribution in [0, 0.1) is 16.6 Å². The predicted molar refractivity (Wildman–Crippen MR) is 180 cm³/mol. The molecule has 0 saturated carbocycles. The fraction of sp³-hybridized carbons (Fsp3) is 0.333. The minimum Gasteiger partial charge on any atom is -0.465 e. The highest BCUT2D eigenvalue weighted by molar-refractivity contribution is 6.31. The van der Waals surface area contributed by atoms with Gasteiger partial charge in [0.2, 0.25) is 5.91 Å². The van der Waals surface area contributed by atoms with Crippen molar-refractivity contribution in [2.24, 2.45) is 16.6 Å². The van der Waals surface area contributed by atoms with Crippen LogP contribution in [0.2, 0.25) is 5.02 Å². The van der Waals surface area contributed by atoms with Gasteiger partial charge in [-0.25, -0.2) is 13.6 Å². The summed E-state index contributed by atoms with van der Waals surface area (Å²) in [6.45, 7) is 6.19. The van der Waals surface area contributed by atoms with Crippen molar-refractivity contribution >= 4 is 51.5 Å². The highest BCUT2D eigenvalue weighted by atomic mass is 35.5.